The van der Waals surface area contributed by atoms with Gasteiger partial charge in [-0.25, -0.2) is 0 Å². The Morgan fingerprint density at radius 3 is 2.60 bits per heavy atom. The number of aryl methyl sites for hydroxylation is 2. The first-order valence-corrected chi connectivity index (χ1v) is 8.18. The number of anilines is 1. The van der Waals surface area contributed by atoms with E-state index in [1.54, 1.807) is 0 Å². The number of nitrogens with one attached hydrogen (secondary N) is 1. The molecule has 0 saturated carbocycles. The quantitative estimate of drug-likeness (QED) is 0.598. The molecule has 132 valence electrons. The van der Waals surface area contributed by atoms with Gasteiger partial charge in [0.05, 0.1) is 15.6 Å². The van der Waals surface area contributed by atoms with Crippen LogP contribution in [0, 0.1) is 24.0 Å². The summed E-state index contributed by atoms with van der Waals surface area (Å²) in [4.78, 5) is 22.8. The van der Waals surface area contributed by atoms with Crippen LogP contribution in [-0.2, 0) is 4.79 Å². The molecule has 0 heterocycles. The maximum Gasteiger partial charge on any atom is 0.271 e. The Kier molecular flexibility index (Phi) is 5.98. The van der Waals surface area contributed by atoms with Crippen molar-refractivity contribution >= 4 is 28.9 Å². The Bertz CT molecular complexity index is 808. The van der Waals surface area contributed by atoms with Gasteiger partial charge in [-0.3, -0.25) is 14.9 Å². The molecule has 0 aliphatic heterocycles. The SMILES string of the molecule is CCC(Oc1ccc(C)cc1C)C(=O)Nc1cc([N+](=O)[O-])ccc1Cl. The van der Waals surface area contributed by atoms with E-state index in [9.17, 15) is 14.9 Å². The van der Waals surface area contributed by atoms with Crippen molar-refractivity contribution in [3.05, 3.63) is 62.7 Å². The van der Waals surface area contributed by atoms with Crippen LogP contribution in [0.4, 0.5) is 11.4 Å². The minimum atomic E-state index is -0.739. The third-order valence-corrected chi connectivity index (χ3v) is 4.01. The van der Waals surface area contributed by atoms with Crippen molar-refractivity contribution in [3.8, 4) is 5.75 Å². The first-order valence-electron chi connectivity index (χ1n) is 7.80. The monoisotopic (exact) mass is 362 g/mol. The minimum absolute atomic E-state index is 0.150. The summed E-state index contributed by atoms with van der Waals surface area (Å²) in [7, 11) is 0. The number of nitro benzene ring substituents is 1. The van der Waals surface area contributed by atoms with E-state index < -0.39 is 16.9 Å². The highest BCUT2D eigenvalue weighted by molar-refractivity contribution is 6.33. The molecular weight excluding hydrogens is 344 g/mol. The lowest BCUT2D eigenvalue weighted by atomic mass is 10.1. The maximum atomic E-state index is 12.5. The number of amides is 1. The Labute approximate surface area is 150 Å². The molecule has 1 atom stereocenters. The molecule has 2 aromatic carbocycles. The summed E-state index contributed by atoms with van der Waals surface area (Å²) in [6, 6.07) is 9.58. The zero-order valence-corrected chi connectivity index (χ0v) is 15.0. The van der Waals surface area contributed by atoms with Crippen molar-refractivity contribution < 1.29 is 14.5 Å². The number of ether oxygens (including phenoxy) is 1. The molecule has 0 aromatic heterocycles. The zero-order chi connectivity index (χ0) is 18.6. The van der Waals surface area contributed by atoms with Gasteiger partial charge in [0.25, 0.3) is 11.6 Å². The number of nitrogens with zero attached hydrogens (tertiary/aromatic N) is 1. The van der Waals surface area contributed by atoms with Crippen molar-refractivity contribution in [2.75, 3.05) is 5.32 Å². The molecule has 0 aliphatic rings. The van der Waals surface area contributed by atoms with E-state index in [-0.39, 0.29) is 16.4 Å². The molecule has 0 radical (unpaired) electrons. The lowest BCUT2D eigenvalue weighted by Crippen LogP contribution is -2.32. The Morgan fingerprint density at radius 2 is 2.00 bits per heavy atom. The van der Waals surface area contributed by atoms with Gasteiger partial charge in [0.1, 0.15) is 5.75 Å². The van der Waals surface area contributed by atoms with Gasteiger partial charge in [0.15, 0.2) is 6.10 Å². The molecule has 6 nitrogen and oxygen atoms in total. The molecular formula is C18H19ClN2O4. The average Bonchev–Trinajstić information content (AvgIpc) is 2.55. The first kappa shape index (κ1) is 18.7. The Balaban J connectivity index is 2.17. The van der Waals surface area contributed by atoms with Gasteiger partial charge >= 0.3 is 0 Å². The summed E-state index contributed by atoms with van der Waals surface area (Å²) >= 11 is 6.02. The van der Waals surface area contributed by atoms with Crippen molar-refractivity contribution in [2.24, 2.45) is 0 Å². The van der Waals surface area contributed by atoms with Crippen molar-refractivity contribution in [1.29, 1.82) is 0 Å². The molecule has 1 amide bonds. The number of nitro groups is 1. The van der Waals surface area contributed by atoms with Crippen LogP contribution < -0.4 is 10.1 Å². The predicted molar refractivity (Wildman–Crippen MR) is 97.4 cm³/mol. The molecule has 7 heteroatoms. The lowest BCUT2D eigenvalue weighted by molar-refractivity contribution is -0.384. The predicted octanol–water partition coefficient (Wildman–Crippen LogP) is 4.66. The van der Waals surface area contributed by atoms with Gasteiger partial charge in [-0.15, -0.1) is 0 Å². The first-order chi connectivity index (χ1) is 11.8. The second-order valence-corrected chi connectivity index (χ2v) is 6.10. The van der Waals surface area contributed by atoms with Gasteiger partial charge in [-0.05, 0) is 38.0 Å². The van der Waals surface area contributed by atoms with Crippen molar-refractivity contribution in [3.63, 3.8) is 0 Å². The van der Waals surface area contributed by atoms with E-state index >= 15 is 0 Å². The highest BCUT2D eigenvalue weighted by Gasteiger charge is 2.21. The normalized spacial score (nSPS) is 11.7. The number of halogens is 1. The van der Waals surface area contributed by atoms with E-state index in [4.69, 9.17) is 16.3 Å². The Hall–Kier alpha value is -2.60. The molecule has 2 aromatic rings. The standard InChI is InChI=1S/C18H19ClN2O4/c1-4-16(25-17-8-5-11(2)9-12(17)3)18(22)20-15-10-13(21(23)24)6-7-14(15)19/h5-10,16H,4H2,1-3H3,(H,20,22). The lowest BCUT2D eigenvalue weighted by Gasteiger charge is -2.19. The zero-order valence-electron chi connectivity index (χ0n) is 14.2. The molecule has 0 saturated heterocycles. The second kappa shape index (κ2) is 7.98. The molecule has 0 spiro atoms. The van der Waals surface area contributed by atoms with Crippen LogP contribution in [0.5, 0.6) is 5.75 Å². The van der Waals surface area contributed by atoms with Crippen LogP contribution in [0.3, 0.4) is 0 Å². The fourth-order valence-corrected chi connectivity index (χ4v) is 2.51. The van der Waals surface area contributed by atoms with Crippen LogP contribution in [-0.4, -0.2) is 16.9 Å². The molecule has 1 N–H and O–H groups in total. The Morgan fingerprint density at radius 1 is 1.28 bits per heavy atom. The topological polar surface area (TPSA) is 81.5 Å². The summed E-state index contributed by atoms with van der Waals surface area (Å²) in [6.07, 6.45) is -0.303. The van der Waals surface area contributed by atoms with Crippen LogP contribution in [0.15, 0.2) is 36.4 Å². The fraction of sp³-hybridized carbons (Fsp3) is 0.278. The van der Waals surface area contributed by atoms with Crippen LogP contribution in [0.2, 0.25) is 5.02 Å². The largest absolute Gasteiger partial charge is 0.480 e. The second-order valence-electron chi connectivity index (χ2n) is 5.69. The van der Waals surface area contributed by atoms with E-state index in [1.165, 1.54) is 18.2 Å². The third-order valence-electron chi connectivity index (χ3n) is 3.68. The number of rotatable bonds is 6. The molecule has 0 aliphatic carbocycles. The fourth-order valence-electron chi connectivity index (χ4n) is 2.34. The number of non-ortho nitro benzene ring substituents is 1. The maximum absolute atomic E-state index is 12.5. The van der Waals surface area contributed by atoms with E-state index in [1.807, 2.05) is 39.0 Å². The van der Waals surface area contributed by atoms with Gasteiger partial charge in [-0.2, -0.15) is 0 Å². The number of hydrogen-bond acceptors (Lipinski definition) is 4. The summed E-state index contributed by atoms with van der Waals surface area (Å²) in [5, 5.41) is 13.7. The van der Waals surface area contributed by atoms with Crippen LogP contribution in [0.1, 0.15) is 24.5 Å². The molecule has 0 bridgehead atoms. The third kappa shape index (κ3) is 4.70. The minimum Gasteiger partial charge on any atom is -0.480 e. The van der Waals surface area contributed by atoms with E-state index in [2.05, 4.69) is 5.32 Å². The van der Waals surface area contributed by atoms with Crippen molar-refractivity contribution in [1.82, 2.24) is 0 Å². The summed E-state index contributed by atoms with van der Waals surface area (Å²) in [6.45, 7) is 5.71. The number of carbonyl (C=O) groups excluding carboxylic acids is 1. The smallest absolute Gasteiger partial charge is 0.271 e. The summed E-state index contributed by atoms with van der Waals surface area (Å²) in [5.74, 6) is 0.211. The van der Waals surface area contributed by atoms with Gasteiger partial charge in [-0.1, -0.05) is 36.2 Å². The van der Waals surface area contributed by atoms with Crippen LogP contribution in [0.25, 0.3) is 0 Å². The van der Waals surface area contributed by atoms with Gasteiger partial charge in [0, 0.05) is 12.1 Å². The van der Waals surface area contributed by atoms with Gasteiger partial charge < -0.3 is 10.1 Å². The highest BCUT2D eigenvalue weighted by atomic mass is 35.5. The average molecular weight is 363 g/mol. The number of hydrogen-bond donors (Lipinski definition) is 1. The number of carbonyl (C=O) groups is 1. The highest BCUT2D eigenvalue weighted by Crippen LogP contribution is 2.27. The molecule has 1 unspecified atom stereocenters. The molecule has 2 rings (SSSR count). The molecule has 25 heavy (non-hydrogen) atoms. The van der Waals surface area contributed by atoms with Gasteiger partial charge in [0.2, 0.25) is 0 Å². The summed E-state index contributed by atoms with van der Waals surface area (Å²) < 4.78 is 5.81. The summed E-state index contributed by atoms with van der Waals surface area (Å²) in [5.41, 5.74) is 2.07. The molecule has 0 fully saturated rings. The van der Waals surface area contributed by atoms with E-state index in [0.29, 0.717) is 12.2 Å². The van der Waals surface area contributed by atoms with Crippen LogP contribution >= 0.6 is 11.6 Å². The number of benzene rings is 2. The van der Waals surface area contributed by atoms with Crippen molar-refractivity contribution in [2.45, 2.75) is 33.3 Å². The van der Waals surface area contributed by atoms with E-state index in [0.717, 1.165) is 11.1 Å².